The van der Waals surface area contributed by atoms with Crippen LogP contribution in [0.4, 0.5) is 5.00 Å². The molecule has 1 heterocycles. The second-order valence-electron chi connectivity index (χ2n) is 8.07. The molecule has 7 nitrogen and oxygen atoms in total. The van der Waals surface area contributed by atoms with Gasteiger partial charge in [0.25, 0.3) is 5.91 Å². The third kappa shape index (κ3) is 7.03. The minimum atomic E-state index is -0.499. The Balaban J connectivity index is 1.77. The number of amides is 3. The molecule has 0 spiro atoms. The van der Waals surface area contributed by atoms with Gasteiger partial charge in [-0.25, -0.2) is 0 Å². The SMILES string of the molecule is COCCCNC(=O)c1c(NC(=O)CC(NC(C)=O)c2ccc(Cl)cc2)sc2c1CCCC2. The Morgan fingerprint density at radius 1 is 1.15 bits per heavy atom. The fourth-order valence-electron chi connectivity index (χ4n) is 3.96. The number of hydrogen-bond acceptors (Lipinski definition) is 5. The maximum Gasteiger partial charge on any atom is 0.254 e. The van der Waals surface area contributed by atoms with Gasteiger partial charge in [-0.15, -0.1) is 11.3 Å². The molecule has 0 fully saturated rings. The summed E-state index contributed by atoms with van der Waals surface area (Å²) in [6.45, 7) is 2.49. The highest BCUT2D eigenvalue weighted by atomic mass is 35.5. The molecule has 0 saturated heterocycles. The lowest BCUT2D eigenvalue weighted by Crippen LogP contribution is -2.30. The largest absolute Gasteiger partial charge is 0.385 e. The lowest BCUT2D eigenvalue weighted by molar-refractivity contribution is -0.120. The summed E-state index contributed by atoms with van der Waals surface area (Å²) in [7, 11) is 1.63. The zero-order valence-corrected chi connectivity index (χ0v) is 20.5. The maximum atomic E-state index is 13.0. The predicted molar refractivity (Wildman–Crippen MR) is 131 cm³/mol. The van der Waals surface area contributed by atoms with Gasteiger partial charge in [-0.05, 0) is 55.4 Å². The van der Waals surface area contributed by atoms with Crippen molar-refractivity contribution >= 4 is 45.7 Å². The Labute approximate surface area is 203 Å². The molecule has 0 radical (unpaired) electrons. The van der Waals surface area contributed by atoms with Crippen LogP contribution >= 0.6 is 22.9 Å². The number of carbonyl (C=O) groups is 3. The number of rotatable bonds is 10. The number of aryl methyl sites for hydroxylation is 1. The number of halogens is 1. The van der Waals surface area contributed by atoms with Crippen LogP contribution in [0.5, 0.6) is 0 Å². The lowest BCUT2D eigenvalue weighted by Gasteiger charge is -2.18. The summed E-state index contributed by atoms with van der Waals surface area (Å²) in [5.74, 6) is -0.668. The van der Waals surface area contributed by atoms with E-state index in [4.69, 9.17) is 16.3 Å². The number of anilines is 1. The number of nitrogens with one attached hydrogen (secondary N) is 3. The molecule has 1 atom stereocenters. The molecule has 1 unspecified atom stereocenters. The van der Waals surface area contributed by atoms with Crippen molar-refractivity contribution in [3.8, 4) is 0 Å². The van der Waals surface area contributed by atoms with Crippen LogP contribution < -0.4 is 16.0 Å². The van der Waals surface area contributed by atoms with Gasteiger partial charge in [0.15, 0.2) is 0 Å². The van der Waals surface area contributed by atoms with Crippen molar-refractivity contribution < 1.29 is 19.1 Å². The fourth-order valence-corrected chi connectivity index (χ4v) is 5.39. The van der Waals surface area contributed by atoms with Crippen LogP contribution in [0.2, 0.25) is 5.02 Å². The van der Waals surface area contributed by atoms with Gasteiger partial charge in [0, 0.05) is 37.1 Å². The van der Waals surface area contributed by atoms with Crippen molar-refractivity contribution in [3.63, 3.8) is 0 Å². The summed E-state index contributed by atoms with van der Waals surface area (Å²) in [5, 5.41) is 9.88. The molecule has 9 heteroatoms. The van der Waals surface area contributed by atoms with E-state index in [0.29, 0.717) is 28.7 Å². The Kier molecular flexibility index (Phi) is 9.29. The van der Waals surface area contributed by atoms with Crippen molar-refractivity contribution in [1.82, 2.24) is 10.6 Å². The number of hydrogen-bond donors (Lipinski definition) is 3. The molecule has 1 aromatic carbocycles. The first-order chi connectivity index (χ1) is 15.9. The van der Waals surface area contributed by atoms with Crippen LogP contribution in [0.15, 0.2) is 24.3 Å². The molecule has 1 aromatic heterocycles. The summed E-state index contributed by atoms with van der Waals surface area (Å²) in [4.78, 5) is 38.9. The van der Waals surface area contributed by atoms with E-state index in [-0.39, 0.29) is 24.1 Å². The van der Waals surface area contributed by atoms with Gasteiger partial charge < -0.3 is 20.7 Å². The first-order valence-electron chi connectivity index (χ1n) is 11.1. The van der Waals surface area contributed by atoms with Gasteiger partial charge in [-0.1, -0.05) is 23.7 Å². The van der Waals surface area contributed by atoms with E-state index in [0.717, 1.165) is 48.1 Å². The quantitative estimate of drug-likeness (QED) is 0.433. The number of carbonyl (C=O) groups excluding carboxylic acids is 3. The molecule has 1 aliphatic carbocycles. The fraction of sp³-hybridized carbons (Fsp3) is 0.458. The van der Waals surface area contributed by atoms with Crippen LogP contribution in [-0.4, -0.2) is 38.0 Å². The number of benzene rings is 1. The molecule has 0 aliphatic heterocycles. The van der Waals surface area contributed by atoms with E-state index in [1.54, 1.807) is 31.4 Å². The van der Waals surface area contributed by atoms with Crippen LogP contribution in [0.25, 0.3) is 0 Å². The van der Waals surface area contributed by atoms with Crippen LogP contribution in [-0.2, 0) is 27.2 Å². The van der Waals surface area contributed by atoms with Gasteiger partial charge in [0.1, 0.15) is 5.00 Å². The lowest BCUT2D eigenvalue weighted by atomic mass is 9.95. The zero-order valence-electron chi connectivity index (χ0n) is 19.0. The molecular weight excluding hydrogens is 462 g/mol. The molecule has 2 aromatic rings. The van der Waals surface area contributed by atoms with Crippen LogP contribution in [0.3, 0.4) is 0 Å². The summed E-state index contributed by atoms with van der Waals surface area (Å²) < 4.78 is 5.05. The van der Waals surface area contributed by atoms with Crippen molar-refractivity contribution in [2.24, 2.45) is 0 Å². The summed E-state index contributed by atoms with van der Waals surface area (Å²) in [6.07, 6.45) is 4.62. The predicted octanol–water partition coefficient (Wildman–Crippen LogP) is 4.25. The van der Waals surface area contributed by atoms with E-state index in [9.17, 15) is 14.4 Å². The van der Waals surface area contributed by atoms with Gasteiger partial charge in [0.05, 0.1) is 18.0 Å². The number of thiophene rings is 1. The molecule has 3 N–H and O–H groups in total. The molecule has 0 saturated carbocycles. The summed E-state index contributed by atoms with van der Waals surface area (Å²) >= 11 is 7.45. The van der Waals surface area contributed by atoms with E-state index in [1.165, 1.54) is 18.3 Å². The highest BCUT2D eigenvalue weighted by molar-refractivity contribution is 7.17. The van der Waals surface area contributed by atoms with Gasteiger partial charge in [0.2, 0.25) is 11.8 Å². The monoisotopic (exact) mass is 491 g/mol. The second-order valence-corrected chi connectivity index (χ2v) is 9.62. The maximum absolute atomic E-state index is 13.0. The Morgan fingerprint density at radius 2 is 1.88 bits per heavy atom. The number of fused-ring (bicyclic) bond motifs is 1. The average Bonchev–Trinajstić information content (AvgIpc) is 3.14. The molecular formula is C24H30ClN3O4S. The summed E-state index contributed by atoms with van der Waals surface area (Å²) in [6, 6.07) is 6.53. The topological polar surface area (TPSA) is 96.5 Å². The van der Waals surface area contributed by atoms with Gasteiger partial charge in [-0.3, -0.25) is 14.4 Å². The molecule has 33 heavy (non-hydrogen) atoms. The first-order valence-corrected chi connectivity index (χ1v) is 12.3. The van der Waals surface area contributed by atoms with Crippen LogP contribution in [0, 0.1) is 0 Å². The molecule has 178 valence electrons. The molecule has 1 aliphatic rings. The standard InChI is InChI=1S/C24H30ClN3O4S/c1-15(29)27-19(16-8-10-17(25)11-9-16)14-21(30)28-24-22(23(31)26-12-5-13-32-2)18-6-3-4-7-20(18)33-24/h8-11,19H,3-7,12-14H2,1-2H3,(H,26,31)(H,27,29)(H,28,30). The Bertz CT molecular complexity index is 990. The van der Waals surface area contributed by atoms with E-state index in [2.05, 4.69) is 16.0 Å². The highest BCUT2D eigenvalue weighted by Crippen LogP contribution is 2.38. The van der Waals surface area contributed by atoms with Crippen molar-refractivity contribution in [2.45, 2.75) is 51.5 Å². The third-order valence-corrected chi connectivity index (χ3v) is 6.96. The number of methoxy groups -OCH3 is 1. The minimum absolute atomic E-state index is 0.0404. The second kappa shape index (κ2) is 12.2. The normalized spacial score (nSPS) is 13.7. The molecule has 0 bridgehead atoms. The third-order valence-electron chi connectivity index (χ3n) is 5.50. The van der Waals surface area contributed by atoms with E-state index < -0.39 is 6.04 Å². The average molecular weight is 492 g/mol. The van der Waals surface area contributed by atoms with Crippen molar-refractivity contribution in [1.29, 1.82) is 0 Å². The van der Waals surface area contributed by atoms with E-state index >= 15 is 0 Å². The summed E-state index contributed by atoms with van der Waals surface area (Å²) in [5.41, 5.74) is 2.40. The molecule has 3 amide bonds. The molecule has 3 rings (SSSR count). The smallest absolute Gasteiger partial charge is 0.254 e. The van der Waals surface area contributed by atoms with Crippen molar-refractivity contribution in [2.75, 3.05) is 25.6 Å². The van der Waals surface area contributed by atoms with Crippen LogP contribution in [0.1, 0.15) is 65.0 Å². The minimum Gasteiger partial charge on any atom is -0.385 e. The first kappa shape index (κ1) is 25.2. The van der Waals surface area contributed by atoms with Gasteiger partial charge >= 0.3 is 0 Å². The Hall–Kier alpha value is -2.42. The van der Waals surface area contributed by atoms with Crippen molar-refractivity contribution in [3.05, 3.63) is 50.9 Å². The number of ether oxygens (including phenoxy) is 1. The van der Waals surface area contributed by atoms with E-state index in [1.807, 2.05) is 0 Å². The van der Waals surface area contributed by atoms with Gasteiger partial charge in [-0.2, -0.15) is 0 Å². The zero-order chi connectivity index (χ0) is 23.8. The highest BCUT2D eigenvalue weighted by Gasteiger charge is 2.27. The Morgan fingerprint density at radius 3 is 2.58 bits per heavy atom.